The molecule has 2 aromatic rings. The van der Waals surface area contributed by atoms with E-state index >= 15 is 0 Å². The second-order valence-corrected chi connectivity index (χ2v) is 5.53. The minimum atomic E-state index is 0.0112. The number of nitrogens with one attached hydrogen (secondary N) is 1. The summed E-state index contributed by atoms with van der Waals surface area (Å²) in [7, 11) is 1.49. The third-order valence-electron chi connectivity index (χ3n) is 4.04. The number of methoxy groups -OCH3 is 1. The maximum atomic E-state index is 10.0. The van der Waals surface area contributed by atoms with E-state index in [0.29, 0.717) is 34.2 Å². The number of aromatic nitrogens is 2. The number of benzene rings is 1. The smallest absolute Gasteiger partial charge is 0.230 e. The Bertz CT molecular complexity index is 889. The van der Waals surface area contributed by atoms with Gasteiger partial charge in [0.05, 0.1) is 18.0 Å². The lowest BCUT2D eigenvalue weighted by Crippen LogP contribution is -2.21. The zero-order chi connectivity index (χ0) is 16.5. The Kier molecular flexibility index (Phi) is 3.53. The van der Waals surface area contributed by atoms with Crippen LogP contribution in [0.5, 0.6) is 17.4 Å². The van der Waals surface area contributed by atoms with E-state index in [1.54, 1.807) is 12.3 Å². The maximum Gasteiger partial charge on any atom is 0.230 e. The second kappa shape index (κ2) is 5.84. The molecular weight excluding hydrogens is 308 g/mol. The Balaban J connectivity index is 1.68. The molecule has 4 rings (SSSR count). The van der Waals surface area contributed by atoms with Crippen LogP contribution in [0.3, 0.4) is 0 Å². The highest BCUT2D eigenvalue weighted by atomic mass is 16.5. The van der Waals surface area contributed by atoms with E-state index in [9.17, 15) is 5.11 Å². The van der Waals surface area contributed by atoms with Crippen LogP contribution in [0.1, 0.15) is 6.42 Å². The van der Waals surface area contributed by atoms with Gasteiger partial charge in [-0.2, -0.15) is 0 Å². The summed E-state index contributed by atoms with van der Waals surface area (Å²) >= 11 is 0. The molecule has 0 fully saturated rings. The first-order valence-corrected chi connectivity index (χ1v) is 7.63. The Morgan fingerprint density at radius 3 is 3.08 bits per heavy atom. The number of aliphatic imine (C=N–C) groups is 1. The van der Waals surface area contributed by atoms with Gasteiger partial charge in [-0.05, 0) is 18.6 Å². The fourth-order valence-electron chi connectivity index (χ4n) is 2.79. The number of amidine groups is 1. The minimum Gasteiger partial charge on any atom is -0.504 e. The molecule has 2 aliphatic rings. The molecule has 0 spiro atoms. The van der Waals surface area contributed by atoms with Crippen LogP contribution in [0, 0.1) is 5.92 Å². The van der Waals surface area contributed by atoms with E-state index in [1.165, 1.54) is 19.5 Å². The van der Waals surface area contributed by atoms with Crippen LogP contribution in [0.25, 0.3) is 10.9 Å². The Labute approximate surface area is 138 Å². The normalized spacial score (nSPS) is 19.1. The minimum absolute atomic E-state index is 0.0112. The molecule has 7 heteroatoms. The number of phenols is 1. The van der Waals surface area contributed by atoms with Crippen molar-refractivity contribution in [1.29, 1.82) is 0 Å². The fraction of sp³-hybridized carbons (Fsp3) is 0.235. The second-order valence-electron chi connectivity index (χ2n) is 5.53. The van der Waals surface area contributed by atoms with Gasteiger partial charge in [0.25, 0.3) is 0 Å². The van der Waals surface area contributed by atoms with Gasteiger partial charge >= 0.3 is 0 Å². The molecule has 7 nitrogen and oxygen atoms in total. The molecule has 2 N–H and O–H groups in total. The topological polar surface area (TPSA) is 88.9 Å². The van der Waals surface area contributed by atoms with Gasteiger partial charge in [0.1, 0.15) is 17.9 Å². The number of phenolic OH excluding ortho intramolecular Hbond substituents is 1. The van der Waals surface area contributed by atoms with Crippen molar-refractivity contribution >= 4 is 16.7 Å². The van der Waals surface area contributed by atoms with Crippen molar-refractivity contribution in [3.63, 3.8) is 0 Å². The maximum absolute atomic E-state index is 10.0. The summed E-state index contributed by atoms with van der Waals surface area (Å²) in [5, 5.41) is 13.8. The summed E-state index contributed by atoms with van der Waals surface area (Å²) in [5.74, 6) is 2.61. The monoisotopic (exact) mass is 324 g/mol. The molecule has 0 saturated carbocycles. The van der Waals surface area contributed by atoms with E-state index in [0.717, 1.165) is 18.8 Å². The van der Waals surface area contributed by atoms with Gasteiger partial charge < -0.3 is 19.9 Å². The first-order valence-electron chi connectivity index (χ1n) is 7.63. The van der Waals surface area contributed by atoms with Gasteiger partial charge in [-0.15, -0.1) is 0 Å². The van der Waals surface area contributed by atoms with E-state index in [4.69, 9.17) is 9.47 Å². The number of fused-ring (bicyclic) bond motifs is 2. The highest BCUT2D eigenvalue weighted by Gasteiger charge is 2.20. The number of nitrogens with zero attached hydrogens (tertiary/aromatic N) is 3. The zero-order valence-electron chi connectivity index (χ0n) is 13.1. The molecule has 0 bridgehead atoms. The summed E-state index contributed by atoms with van der Waals surface area (Å²) in [5.41, 5.74) is 0.627. The van der Waals surface area contributed by atoms with Crippen molar-refractivity contribution in [1.82, 2.24) is 15.3 Å². The number of allylic oxidation sites excluding steroid dienone is 1. The molecule has 1 aromatic heterocycles. The number of ether oxygens (including phenoxy) is 2. The largest absolute Gasteiger partial charge is 0.504 e. The predicted octanol–water partition coefficient (Wildman–Crippen LogP) is 2.14. The van der Waals surface area contributed by atoms with Gasteiger partial charge in [0.2, 0.25) is 5.88 Å². The van der Waals surface area contributed by atoms with Gasteiger partial charge in [0.15, 0.2) is 11.5 Å². The molecule has 0 amide bonds. The molecule has 1 atom stereocenters. The molecule has 0 saturated heterocycles. The Morgan fingerprint density at radius 1 is 1.29 bits per heavy atom. The fourth-order valence-corrected chi connectivity index (χ4v) is 2.79. The summed E-state index contributed by atoms with van der Waals surface area (Å²) in [4.78, 5) is 12.8. The standard InChI is InChI=1S/C17H16N4O3/c1-23-15-7-13-12(6-14(15)22)17(21-9-20-13)24-11-3-2-10-4-5-18-16(10)19-8-11/h2-3,6-10,22H,4-5H2,1H3,(H,18,19). The first-order chi connectivity index (χ1) is 11.7. The molecule has 0 radical (unpaired) electrons. The van der Waals surface area contributed by atoms with E-state index in [2.05, 4.69) is 26.4 Å². The van der Waals surface area contributed by atoms with Crippen LogP contribution in [-0.4, -0.2) is 34.6 Å². The Hall–Kier alpha value is -3.09. The van der Waals surface area contributed by atoms with E-state index in [1.807, 2.05) is 6.08 Å². The molecule has 1 unspecified atom stereocenters. The summed E-state index contributed by atoms with van der Waals surface area (Å²) < 4.78 is 11.0. The lowest BCUT2D eigenvalue weighted by atomic mass is 10.1. The van der Waals surface area contributed by atoms with E-state index in [-0.39, 0.29) is 5.75 Å². The van der Waals surface area contributed by atoms with Crippen molar-refractivity contribution < 1.29 is 14.6 Å². The van der Waals surface area contributed by atoms with Crippen molar-refractivity contribution in [2.45, 2.75) is 6.42 Å². The number of rotatable bonds is 3. The van der Waals surface area contributed by atoms with Gasteiger partial charge in [-0.1, -0.05) is 6.08 Å². The molecule has 122 valence electrons. The molecule has 2 aliphatic heterocycles. The summed E-state index contributed by atoms with van der Waals surface area (Å²) in [6, 6.07) is 3.19. The molecule has 3 heterocycles. The van der Waals surface area contributed by atoms with Crippen LogP contribution in [0.2, 0.25) is 0 Å². The molecular formula is C17H16N4O3. The van der Waals surface area contributed by atoms with Crippen LogP contribution in [0.15, 0.2) is 47.6 Å². The molecule has 0 aliphatic carbocycles. The lowest BCUT2D eigenvalue weighted by molar-refractivity contribution is 0.374. The SMILES string of the molecule is COc1cc2ncnc(OC3=CNC4=NCCC4C=C3)c2cc1O. The first kappa shape index (κ1) is 14.5. The van der Waals surface area contributed by atoms with Crippen LogP contribution >= 0.6 is 0 Å². The quantitative estimate of drug-likeness (QED) is 0.899. The lowest BCUT2D eigenvalue weighted by Gasteiger charge is -2.10. The highest BCUT2D eigenvalue weighted by molar-refractivity contribution is 5.89. The van der Waals surface area contributed by atoms with Crippen molar-refractivity contribution in [3.05, 3.63) is 42.6 Å². The van der Waals surface area contributed by atoms with Gasteiger partial charge in [-0.3, -0.25) is 4.99 Å². The predicted molar refractivity (Wildman–Crippen MR) is 89.2 cm³/mol. The molecule has 1 aromatic carbocycles. The van der Waals surface area contributed by atoms with Gasteiger partial charge in [0, 0.05) is 24.7 Å². The van der Waals surface area contributed by atoms with Crippen molar-refractivity contribution in [2.75, 3.05) is 13.7 Å². The number of hydrogen-bond acceptors (Lipinski definition) is 7. The molecule has 24 heavy (non-hydrogen) atoms. The summed E-state index contributed by atoms with van der Waals surface area (Å²) in [6.07, 6.45) is 8.16. The van der Waals surface area contributed by atoms with Crippen LogP contribution < -0.4 is 14.8 Å². The number of aromatic hydroxyl groups is 1. The highest BCUT2D eigenvalue weighted by Crippen LogP contribution is 2.34. The van der Waals surface area contributed by atoms with E-state index < -0.39 is 0 Å². The van der Waals surface area contributed by atoms with Crippen molar-refractivity contribution in [3.8, 4) is 17.4 Å². The summed E-state index contributed by atoms with van der Waals surface area (Å²) in [6.45, 7) is 0.846. The van der Waals surface area contributed by atoms with Gasteiger partial charge in [-0.25, -0.2) is 9.97 Å². The van der Waals surface area contributed by atoms with Crippen LogP contribution in [-0.2, 0) is 0 Å². The Morgan fingerprint density at radius 2 is 2.21 bits per heavy atom. The van der Waals surface area contributed by atoms with Crippen LogP contribution in [0.4, 0.5) is 0 Å². The van der Waals surface area contributed by atoms with Crippen molar-refractivity contribution in [2.24, 2.45) is 10.9 Å². The average molecular weight is 324 g/mol. The number of hydrogen-bond donors (Lipinski definition) is 2. The average Bonchev–Trinajstić information content (AvgIpc) is 2.96. The zero-order valence-corrected chi connectivity index (χ0v) is 13.1. The third kappa shape index (κ3) is 2.54. The third-order valence-corrected chi connectivity index (χ3v) is 4.04.